The third kappa shape index (κ3) is 2.40. The van der Waals surface area contributed by atoms with Gasteiger partial charge in [0.05, 0.1) is 19.0 Å². The maximum absolute atomic E-state index is 5.73. The minimum atomic E-state index is 0.535. The van der Waals surface area contributed by atoms with Crippen molar-refractivity contribution in [3.8, 4) is 5.75 Å². The molecule has 1 saturated heterocycles. The van der Waals surface area contributed by atoms with Crippen molar-refractivity contribution in [3.05, 3.63) is 49.1 Å². The quantitative estimate of drug-likeness (QED) is 0.727. The first-order valence-corrected chi connectivity index (χ1v) is 6.97. The number of ether oxygens (including phenoxy) is 1. The van der Waals surface area contributed by atoms with Gasteiger partial charge in [-0.3, -0.25) is 4.98 Å². The van der Waals surface area contributed by atoms with Gasteiger partial charge < -0.3 is 9.64 Å². The predicted molar refractivity (Wildman–Crippen MR) is 78.4 cm³/mol. The van der Waals surface area contributed by atoms with Crippen molar-refractivity contribution < 1.29 is 4.74 Å². The highest BCUT2D eigenvalue weighted by Gasteiger charge is 2.28. The molecular formula is C15H15N5O. The Morgan fingerprint density at radius 3 is 3.00 bits per heavy atom. The van der Waals surface area contributed by atoms with Crippen LogP contribution in [0.4, 0.5) is 5.82 Å². The van der Waals surface area contributed by atoms with E-state index >= 15 is 0 Å². The standard InChI is InChI=1S/C15H15N5O/c1-2-13(8-16-5-1)21-11-12-9-19(10-12)14-4-7-20-15(18-14)3-6-17-20/h1-8,12H,9-11H2. The number of pyridine rings is 1. The van der Waals surface area contributed by atoms with Gasteiger partial charge in [-0.15, -0.1) is 0 Å². The van der Waals surface area contributed by atoms with Crippen LogP contribution in [0.2, 0.25) is 0 Å². The Kier molecular flexibility index (Phi) is 2.92. The average Bonchev–Trinajstić information content (AvgIpc) is 2.94. The van der Waals surface area contributed by atoms with Gasteiger partial charge in [-0.05, 0) is 18.2 Å². The minimum Gasteiger partial charge on any atom is -0.492 e. The number of hydrogen-bond acceptors (Lipinski definition) is 5. The van der Waals surface area contributed by atoms with Crippen LogP contribution >= 0.6 is 0 Å². The second kappa shape index (κ2) is 5.05. The van der Waals surface area contributed by atoms with E-state index in [0.717, 1.165) is 36.9 Å². The second-order valence-corrected chi connectivity index (χ2v) is 5.19. The molecule has 0 amide bonds. The third-order valence-corrected chi connectivity index (χ3v) is 3.64. The van der Waals surface area contributed by atoms with Crippen molar-refractivity contribution in [1.29, 1.82) is 0 Å². The maximum atomic E-state index is 5.73. The number of rotatable bonds is 4. The summed E-state index contributed by atoms with van der Waals surface area (Å²) < 4.78 is 7.50. The summed E-state index contributed by atoms with van der Waals surface area (Å²) in [5.74, 6) is 2.36. The Morgan fingerprint density at radius 1 is 1.19 bits per heavy atom. The molecule has 3 aromatic heterocycles. The Labute approximate surface area is 122 Å². The molecule has 0 unspecified atom stereocenters. The lowest BCUT2D eigenvalue weighted by Crippen LogP contribution is -2.49. The van der Waals surface area contributed by atoms with Crippen LogP contribution in [0.25, 0.3) is 5.65 Å². The minimum absolute atomic E-state index is 0.535. The number of aromatic nitrogens is 4. The van der Waals surface area contributed by atoms with Crippen LogP contribution < -0.4 is 9.64 Å². The Hall–Kier alpha value is -2.63. The molecule has 4 heterocycles. The van der Waals surface area contributed by atoms with Gasteiger partial charge in [0.25, 0.3) is 0 Å². The first-order chi connectivity index (χ1) is 10.4. The largest absolute Gasteiger partial charge is 0.492 e. The van der Waals surface area contributed by atoms with E-state index in [-0.39, 0.29) is 0 Å². The van der Waals surface area contributed by atoms with Crippen molar-refractivity contribution in [2.75, 3.05) is 24.6 Å². The van der Waals surface area contributed by atoms with Gasteiger partial charge in [-0.1, -0.05) is 0 Å². The van der Waals surface area contributed by atoms with Gasteiger partial charge >= 0.3 is 0 Å². The summed E-state index contributed by atoms with van der Waals surface area (Å²) in [6.45, 7) is 2.66. The van der Waals surface area contributed by atoms with E-state index in [4.69, 9.17) is 4.74 Å². The van der Waals surface area contributed by atoms with E-state index in [9.17, 15) is 0 Å². The smallest absolute Gasteiger partial charge is 0.157 e. The molecular weight excluding hydrogens is 266 g/mol. The van der Waals surface area contributed by atoms with Gasteiger partial charge in [-0.2, -0.15) is 5.10 Å². The second-order valence-electron chi connectivity index (χ2n) is 5.19. The van der Waals surface area contributed by atoms with E-state index in [1.165, 1.54) is 0 Å². The van der Waals surface area contributed by atoms with Crippen LogP contribution in [0.3, 0.4) is 0 Å². The van der Waals surface area contributed by atoms with Crippen LogP contribution in [0.15, 0.2) is 49.1 Å². The van der Waals surface area contributed by atoms with Gasteiger partial charge in [0.2, 0.25) is 0 Å². The number of hydrogen-bond donors (Lipinski definition) is 0. The maximum Gasteiger partial charge on any atom is 0.157 e. The molecule has 3 aromatic rings. The molecule has 4 rings (SSSR count). The molecule has 106 valence electrons. The fourth-order valence-corrected chi connectivity index (χ4v) is 2.49. The lowest BCUT2D eigenvalue weighted by Gasteiger charge is -2.39. The molecule has 0 aliphatic carbocycles. The summed E-state index contributed by atoms with van der Waals surface area (Å²) >= 11 is 0. The summed E-state index contributed by atoms with van der Waals surface area (Å²) in [4.78, 5) is 10.9. The normalized spacial score (nSPS) is 15.1. The zero-order chi connectivity index (χ0) is 14.1. The molecule has 1 aliphatic heterocycles. The Morgan fingerprint density at radius 2 is 2.14 bits per heavy atom. The molecule has 21 heavy (non-hydrogen) atoms. The lowest BCUT2D eigenvalue weighted by atomic mass is 10.0. The summed E-state index contributed by atoms with van der Waals surface area (Å²) in [5, 5.41) is 4.15. The summed E-state index contributed by atoms with van der Waals surface area (Å²) in [6.07, 6.45) is 7.19. The van der Waals surface area contributed by atoms with Crippen molar-refractivity contribution in [2.24, 2.45) is 5.92 Å². The average molecular weight is 281 g/mol. The molecule has 6 heteroatoms. The molecule has 0 spiro atoms. The molecule has 0 radical (unpaired) electrons. The highest BCUT2D eigenvalue weighted by molar-refractivity contribution is 5.48. The zero-order valence-corrected chi connectivity index (χ0v) is 11.5. The van der Waals surface area contributed by atoms with Crippen LogP contribution in [0.5, 0.6) is 5.75 Å². The Bertz CT molecular complexity index is 736. The van der Waals surface area contributed by atoms with Gasteiger partial charge in [0, 0.05) is 37.5 Å². The third-order valence-electron chi connectivity index (χ3n) is 3.64. The van der Waals surface area contributed by atoms with Crippen LogP contribution in [-0.2, 0) is 0 Å². The van der Waals surface area contributed by atoms with Crippen molar-refractivity contribution in [2.45, 2.75) is 0 Å². The Balaban J connectivity index is 1.34. The molecule has 0 bridgehead atoms. The fourth-order valence-electron chi connectivity index (χ4n) is 2.49. The van der Waals surface area contributed by atoms with E-state index < -0.39 is 0 Å². The molecule has 1 fully saturated rings. The van der Waals surface area contributed by atoms with E-state index in [2.05, 4.69) is 20.0 Å². The van der Waals surface area contributed by atoms with Crippen LogP contribution in [-0.4, -0.2) is 39.3 Å². The van der Waals surface area contributed by atoms with Crippen molar-refractivity contribution in [1.82, 2.24) is 19.6 Å². The number of fused-ring (bicyclic) bond motifs is 1. The molecule has 1 aliphatic rings. The monoisotopic (exact) mass is 281 g/mol. The van der Waals surface area contributed by atoms with E-state index in [1.807, 2.05) is 30.5 Å². The van der Waals surface area contributed by atoms with Crippen molar-refractivity contribution >= 4 is 11.5 Å². The first-order valence-electron chi connectivity index (χ1n) is 6.97. The highest BCUT2D eigenvalue weighted by Crippen LogP contribution is 2.23. The molecule has 0 saturated carbocycles. The van der Waals surface area contributed by atoms with E-state index in [0.29, 0.717) is 5.92 Å². The summed E-state index contributed by atoms with van der Waals surface area (Å²) in [5.41, 5.74) is 0.877. The topological polar surface area (TPSA) is 55.5 Å². The molecule has 6 nitrogen and oxygen atoms in total. The first kappa shape index (κ1) is 12.1. The fraction of sp³-hybridized carbons (Fsp3) is 0.267. The van der Waals surface area contributed by atoms with Gasteiger partial charge in [-0.25, -0.2) is 9.50 Å². The van der Waals surface area contributed by atoms with Gasteiger partial charge in [0.1, 0.15) is 11.6 Å². The zero-order valence-electron chi connectivity index (χ0n) is 11.5. The molecule has 0 aromatic carbocycles. The molecule has 0 atom stereocenters. The SMILES string of the molecule is c1cncc(OCC2CN(c3ccn4nccc4n3)C2)c1. The number of nitrogens with zero attached hydrogens (tertiary/aromatic N) is 5. The van der Waals surface area contributed by atoms with E-state index in [1.54, 1.807) is 23.1 Å². The lowest BCUT2D eigenvalue weighted by molar-refractivity contribution is 0.219. The number of anilines is 1. The van der Waals surface area contributed by atoms with Crippen LogP contribution in [0.1, 0.15) is 0 Å². The van der Waals surface area contributed by atoms with Crippen LogP contribution in [0, 0.1) is 5.92 Å². The van der Waals surface area contributed by atoms with Gasteiger partial charge in [0.15, 0.2) is 5.65 Å². The predicted octanol–water partition coefficient (Wildman–Crippen LogP) is 1.64. The molecule has 0 N–H and O–H groups in total. The highest BCUT2D eigenvalue weighted by atomic mass is 16.5. The summed E-state index contributed by atoms with van der Waals surface area (Å²) in [7, 11) is 0. The van der Waals surface area contributed by atoms with Crippen molar-refractivity contribution in [3.63, 3.8) is 0 Å². The summed E-state index contributed by atoms with van der Waals surface area (Å²) in [6, 6.07) is 7.72.